The highest BCUT2D eigenvalue weighted by Crippen LogP contribution is 2.36. The average molecular weight is 348 g/mol. The third-order valence-corrected chi connectivity index (χ3v) is 4.62. The molecule has 0 bridgehead atoms. The van der Waals surface area contributed by atoms with Crippen molar-refractivity contribution in [1.82, 2.24) is 0 Å². The molecule has 4 nitrogen and oxygen atoms in total. The van der Waals surface area contributed by atoms with Gasteiger partial charge in [0.25, 0.3) is 0 Å². The van der Waals surface area contributed by atoms with Crippen LogP contribution in [0.3, 0.4) is 0 Å². The molecule has 0 saturated carbocycles. The second kappa shape index (κ2) is 8.59. The molecule has 0 aliphatic heterocycles. The lowest BCUT2D eigenvalue weighted by molar-refractivity contribution is 0.193. The SMILES string of the molecule is Cc1ccc(C(CCCCOP(=O)(O)O)c2ccc(C)cc2)cc1. The van der Waals surface area contributed by atoms with E-state index < -0.39 is 7.82 Å². The Bertz CT molecular complexity index is 628. The van der Waals surface area contributed by atoms with Crippen molar-refractivity contribution in [2.45, 2.75) is 39.0 Å². The van der Waals surface area contributed by atoms with Gasteiger partial charge in [0.1, 0.15) is 0 Å². The van der Waals surface area contributed by atoms with Crippen LogP contribution in [0.4, 0.5) is 0 Å². The van der Waals surface area contributed by atoms with Crippen LogP contribution in [0.5, 0.6) is 0 Å². The van der Waals surface area contributed by atoms with Gasteiger partial charge in [0, 0.05) is 5.92 Å². The van der Waals surface area contributed by atoms with Crippen LogP contribution in [-0.2, 0) is 9.09 Å². The fourth-order valence-corrected chi connectivity index (χ4v) is 3.12. The number of rotatable bonds is 8. The molecule has 0 spiro atoms. The first kappa shape index (κ1) is 18.9. The lowest BCUT2D eigenvalue weighted by Crippen LogP contribution is -2.03. The lowest BCUT2D eigenvalue weighted by Gasteiger charge is -2.19. The van der Waals surface area contributed by atoms with E-state index in [2.05, 4.69) is 66.9 Å². The number of unbranched alkanes of at least 4 members (excludes halogenated alkanes) is 1. The predicted molar refractivity (Wildman–Crippen MR) is 96.0 cm³/mol. The van der Waals surface area contributed by atoms with E-state index in [0.717, 1.165) is 12.8 Å². The third-order valence-electron chi connectivity index (χ3n) is 4.11. The molecule has 0 saturated heterocycles. The van der Waals surface area contributed by atoms with Crippen LogP contribution in [0.25, 0.3) is 0 Å². The number of phosphoric ester groups is 1. The summed E-state index contributed by atoms with van der Waals surface area (Å²) in [6.45, 7) is 4.23. The second-order valence-corrected chi connectivity index (χ2v) is 7.43. The summed E-state index contributed by atoms with van der Waals surface area (Å²) in [4.78, 5) is 17.4. The Hall–Kier alpha value is -1.45. The van der Waals surface area contributed by atoms with Crippen molar-refractivity contribution in [2.75, 3.05) is 6.61 Å². The molecular formula is C19H25O4P. The minimum absolute atomic E-state index is 0.0821. The van der Waals surface area contributed by atoms with Gasteiger partial charge in [-0.1, -0.05) is 66.1 Å². The molecule has 0 unspecified atom stereocenters. The van der Waals surface area contributed by atoms with Gasteiger partial charge in [-0.3, -0.25) is 4.52 Å². The van der Waals surface area contributed by atoms with Crippen molar-refractivity contribution in [3.63, 3.8) is 0 Å². The highest BCUT2D eigenvalue weighted by Gasteiger charge is 2.15. The molecule has 0 atom stereocenters. The molecule has 24 heavy (non-hydrogen) atoms. The van der Waals surface area contributed by atoms with Crippen LogP contribution in [0, 0.1) is 13.8 Å². The number of hydrogen-bond acceptors (Lipinski definition) is 2. The largest absolute Gasteiger partial charge is 0.469 e. The van der Waals surface area contributed by atoms with Gasteiger partial charge in [-0.25, -0.2) is 4.57 Å². The van der Waals surface area contributed by atoms with Gasteiger partial charge in [0.15, 0.2) is 0 Å². The van der Waals surface area contributed by atoms with Crippen LogP contribution in [-0.4, -0.2) is 16.4 Å². The minimum Gasteiger partial charge on any atom is -0.303 e. The van der Waals surface area contributed by atoms with Gasteiger partial charge in [-0.2, -0.15) is 0 Å². The van der Waals surface area contributed by atoms with Gasteiger partial charge in [-0.05, 0) is 37.8 Å². The van der Waals surface area contributed by atoms with E-state index in [1.165, 1.54) is 22.3 Å². The maximum atomic E-state index is 10.7. The standard InChI is InChI=1S/C19H25O4P/c1-15-6-10-17(11-7-15)19(18-12-8-16(2)9-13-18)5-3-4-14-23-24(20,21)22/h6-13,19H,3-5,14H2,1-2H3,(H2,20,21,22). The summed E-state index contributed by atoms with van der Waals surface area (Å²) in [5, 5.41) is 0. The molecule has 2 N–H and O–H groups in total. The van der Waals surface area contributed by atoms with Crippen LogP contribution < -0.4 is 0 Å². The van der Waals surface area contributed by atoms with Gasteiger partial charge in [0.2, 0.25) is 0 Å². The molecule has 2 rings (SSSR count). The molecule has 0 radical (unpaired) electrons. The summed E-state index contributed by atoms with van der Waals surface area (Å²) in [7, 11) is -4.36. The molecule has 0 heterocycles. The van der Waals surface area contributed by atoms with Crippen molar-refractivity contribution in [2.24, 2.45) is 0 Å². The normalized spacial score (nSPS) is 11.9. The average Bonchev–Trinajstić information content (AvgIpc) is 2.52. The van der Waals surface area contributed by atoms with Crippen LogP contribution in [0.2, 0.25) is 0 Å². The predicted octanol–water partition coefficient (Wildman–Crippen LogP) is 4.71. The van der Waals surface area contributed by atoms with Crippen LogP contribution in [0.15, 0.2) is 48.5 Å². The maximum Gasteiger partial charge on any atom is 0.469 e. The summed E-state index contributed by atoms with van der Waals surface area (Å²) in [5.41, 5.74) is 4.99. The molecular weight excluding hydrogens is 323 g/mol. The number of aryl methyl sites for hydroxylation is 2. The maximum absolute atomic E-state index is 10.7. The van der Waals surface area contributed by atoms with Gasteiger partial charge in [0.05, 0.1) is 6.61 Å². The summed E-state index contributed by atoms with van der Waals surface area (Å²) in [6, 6.07) is 17.1. The first-order valence-electron chi connectivity index (χ1n) is 8.18. The van der Waals surface area contributed by atoms with E-state index in [1.54, 1.807) is 0 Å². The van der Waals surface area contributed by atoms with Crippen molar-refractivity contribution >= 4 is 7.82 Å². The zero-order valence-corrected chi connectivity index (χ0v) is 15.1. The van der Waals surface area contributed by atoms with Crippen molar-refractivity contribution < 1.29 is 18.9 Å². The molecule has 2 aromatic rings. The first-order valence-corrected chi connectivity index (χ1v) is 9.71. The molecule has 0 aliphatic rings. The van der Waals surface area contributed by atoms with E-state index in [9.17, 15) is 4.57 Å². The number of phosphoric acid groups is 1. The zero-order valence-electron chi connectivity index (χ0n) is 14.2. The Morgan fingerprint density at radius 3 is 1.75 bits per heavy atom. The van der Waals surface area contributed by atoms with Crippen LogP contribution in [0.1, 0.15) is 47.4 Å². The molecule has 2 aromatic carbocycles. The number of benzene rings is 2. The fraction of sp³-hybridized carbons (Fsp3) is 0.368. The van der Waals surface area contributed by atoms with Gasteiger partial charge >= 0.3 is 7.82 Å². The van der Waals surface area contributed by atoms with Gasteiger partial charge in [-0.15, -0.1) is 0 Å². The quantitative estimate of drug-likeness (QED) is 0.535. The van der Waals surface area contributed by atoms with E-state index >= 15 is 0 Å². The monoisotopic (exact) mass is 348 g/mol. The molecule has 130 valence electrons. The topological polar surface area (TPSA) is 66.8 Å². The smallest absolute Gasteiger partial charge is 0.303 e. The number of hydrogen-bond donors (Lipinski definition) is 2. The highest BCUT2D eigenvalue weighted by molar-refractivity contribution is 7.46. The Morgan fingerprint density at radius 1 is 0.875 bits per heavy atom. The molecule has 0 fully saturated rings. The van der Waals surface area contributed by atoms with E-state index in [4.69, 9.17) is 9.79 Å². The molecule has 0 amide bonds. The van der Waals surface area contributed by atoms with Crippen molar-refractivity contribution in [3.8, 4) is 0 Å². The Labute approximate surface area is 143 Å². The Kier molecular flexibility index (Phi) is 6.76. The second-order valence-electron chi connectivity index (χ2n) is 6.19. The first-order chi connectivity index (χ1) is 11.3. The minimum atomic E-state index is -4.36. The van der Waals surface area contributed by atoms with E-state index in [0.29, 0.717) is 6.42 Å². The Morgan fingerprint density at radius 2 is 1.33 bits per heavy atom. The molecule has 0 aromatic heterocycles. The third kappa shape index (κ3) is 6.21. The molecule has 0 aliphatic carbocycles. The van der Waals surface area contributed by atoms with Crippen molar-refractivity contribution in [3.05, 3.63) is 70.8 Å². The fourth-order valence-electron chi connectivity index (χ4n) is 2.76. The van der Waals surface area contributed by atoms with E-state index in [-0.39, 0.29) is 12.5 Å². The highest BCUT2D eigenvalue weighted by atomic mass is 31.2. The summed E-state index contributed by atoms with van der Waals surface area (Å²) >= 11 is 0. The van der Waals surface area contributed by atoms with Crippen molar-refractivity contribution in [1.29, 1.82) is 0 Å². The summed E-state index contributed by atoms with van der Waals surface area (Å²) in [5.74, 6) is 0.279. The zero-order chi connectivity index (χ0) is 17.6. The van der Waals surface area contributed by atoms with Crippen LogP contribution >= 0.6 is 7.82 Å². The van der Waals surface area contributed by atoms with E-state index in [1.807, 2.05) is 0 Å². The lowest BCUT2D eigenvalue weighted by atomic mass is 9.86. The summed E-state index contributed by atoms with van der Waals surface area (Å²) < 4.78 is 15.2. The molecule has 5 heteroatoms. The summed E-state index contributed by atoms with van der Waals surface area (Å²) in [6.07, 6.45) is 2.38. The van der Waals surface area contributed by atoms with Gasteiger partial charge < -0.3 is 9.79 Å². The Balaban J connectivity index is 2.04.